The molecule has 1 aromatic carbocycles. The van der Waals surface area contributed by atoms with E-state index < -0.39 is 11.9 Å². The second-order valence-corrected chi connectivity index (χ2v) is 8.53. The van der Waals surface area contributed by atoms with Crippen molar-refractivity contribution in [1.29, 1.82) is 0 Å². The molecule has 1 aromatic heterocycles. The number of aryl methyl sites for hydroxylation is 2. The summed E-state index contributed by atoms with van der Waals surface area (Å²) >= 11 is 0. The average Bonchev–Trinajstić information content (AvgIpc) is 2.74. The zero-order chi connectivity index (χ0) is 22.3. The molecule has 0 saturated carbocycles. The van der Waals surface area contributed by atoms with Crippen molar-refractivity contribution in [2.45, 2.75) is 59.1 Å². The molecule has 1 fully saturated rings. The number of hydrogen-bond acceptors (Lipinski definition) is 4. The van der Waals surface area contributed by atoms with Gasteiger partial charge in [-0.3, -0.25) is 14.6 Å². The summed E-state index contributed by atoms with van der Waals surface area (Å²) < 4.78 is 20.8. The minimum atomic E-state index is -0.770. The smallest absolute Gasteiger partial charge is 0.268 e. The molecule has 0 radical (unpaired) electrons. The summed E-state index contributed by atoms with van der Waals surface area (Å²) in [6.07, 6.45) is 2.71. The summed E-state index contributed by atoms with van der Waals surface area (Å²) in [4.78, 5) is 32.7. The van der Waals surface area contributed by atoms with E-state index in [0.29, 0.717) is 18.8 Å². The molecule has 7 heteroatoms. The van der Waals surface area contributed by atoms with Crippen molar-refractivity contribution in [2.24, 2.45) is 0 Å². The molecule has 2 aliphatic rings. The van der Waals surface area contributed by atoms with Crippen LogP contribution in [0.25, 0.3) is 0 Å². The maximum atomic E-state index is 15.2. The van der Waals surface area contributed by atoms with Gasteiger partial charge in [-0.2, -0.15) is 0 Å². The monoisotopic (exact) mass is 425 g/mol. The maximum absolute atomic E-state index is 15.2. The predicted octanol–water partition coefficient (Wildman–Crippen LogP) is 3.88. The number of aromatic nitrogens is 1. The average molecular weight is 426 g/mol. The number of fused-ring (bicyclic) bond motifs is 1. The molecule has 0 bridgehead atoms. The zero-order valence-corrected chi connectivity index (χ0v) is 18.4. The number of halogens is 1. The van der Waals surface area contributed by atoms with Crippen LogP contribution in [0.15, 0.2) is 24.4 Å². The van der Waals surface area contributed by atoms with Crippen LogP contribution in [0.2, 0.25) is 0 Å². The van der Waals surface area contributed by atoms with Gasteiger partial charge in [0.2, 0.25) is 5.91 Å². The van der Waals surface area contributed by atoms with E-state index in [-0.39, 0.29) is 23.5 Å². The highest BCUT2D eigenvalue weighted by molar-refractivity contribution is 6.00. The standard InChI is InChI=1S/C24H28FN3O3/c1-14-7-8-26-15(2)20(14)13-28-22-11-19(18-6-5-9-27(12-18)17(4)29)10-21(25)23(22)31-16(3)24(28)30/h7-8,10-11,16,18H,5-6,9,12-13H2,1-4H3/t16-,18?/m1/s1. The third kappa shape index (κ3) is 4.01. The van der Waals surface area contributed by atoms with Crippen molar-refractivity contribution in [3.8, 4) is 5.75 Å². The quantitative estimate of drug-likeness (QED) is 0.749. The van der Waals surface area contributed by atoms with Crippen LogP contribution in [0.3, 0.4) is 0 Å². The van der Waals surface area contributed by atoms with Crippen LogP contribution in [0.5, 0.6) is 5.75 Å². The van der Waals surface area contributed by atoms with Crippen molar-refractivity contribution in [1.82, 2.24) is 9.88 Å². The number of ether oxygens (including phenoxy) is 1. The summed E-state index contributed by atoms with van der Waals surface area (Å²) in [5.74, 6) is -0.526. The van der Waals surface area contributed by atoms with Gasteiger partial charge in [-0.15, -0.1) is 0 Å². The van der Waals surface area contributed by atoms with Crippen molar-refractivity contribution in [3.63, 3.8) is 0 Å². The molecular weight excluding hydrogens is 397 g/mol. The number of carbonyl (C=O) groups excluding carboxylic acids is 2. The Morgan fingerprint density at radius 1 is 1.32 bits per heavy atom. The first-order chi connectivity index (χ1) is 14.8. The third-order valence-corrected chi connectivity index (χ3v) is 6.41. The topological polar surface area (TPSA) is 62.7 Å². The molecule has 6 nitrogen and oxygen atoms in total. The SMILES string of the molecule is CC(=O)N1CCCC(c2cc(F)c3c(c2)N(Cc2c(C)ccnc2C)C(=O)[C@@H](C)O3)C1. The molecule has 0 spiro atoms. The second-order valence-electron chi connectivity index (χ2n) is 8.53. The van der Waals surface area contributed by atoms with Crippen LogP contribution >= 0.6 is 0 Å². The van der Waals surface area contributed by atoms with Gasteiger partial charge in [-0.1, -0.05) is 0 Å². The minimum absolute atomic E-state index is 0.0237. The fourth-order valence-electron chi connectivity index (χ4n) is 4.54. The summed E-state index contributed by atoms with van der Waals surface area (Å²) in [6.45, 7) is 8.67. The highest BCUT2D eigenvalue weighted by Crippen LogP contribution is 2.41. The van der Waals surface area contributed by atoms with Crippen LogP contribution in [-0.2, 0) is 16.1 Å². The van der Waals surface area contributed by atoms with E-state index in [9.17, 15) is 9.59 Å². The van der Waals surface area contributed by atoms with Gasteiger partial charge in [0.05, 0.1) is 12.2 Å². The Bertz CT molecular complexity index is 1020. The first kappa shape index (κ1) is 21.3. The third-order valence-electron chi connectivity index (χ3n) is 6.41. The van der Waals surface area contributed by atoms with Gasteiger partial charge < -0.3 is 14.5 Å². The van der Waals surface area contributed by atoms with Gasteiger partial charge in [0.25, 0.3) is 5.91 Å². The van der Waals surface area contributed by atoms with Crippen LogP contribution < -0.4 is 9.64 Å². The Hall–Kier alpha value is -2.96. The largest absolute Gasteiger partial charge is 0.476 e. The molecule has 3 heterocycles. The van der Waals surface area contributed by atoms with Gasteiger partial charge in [0.15, 0.2) is 17.7 Å². The van der Waals surface area contributed by atoms with Crippen LogP contribution in [0.4, 0.5) is 10.1 Å². The molecule has 0 N–H and O–H groups in total. The fourth-order valence-corrected chi connectivity index (χ4v) is 4.54. The Kier molecular flexibility index (Phi) is 5.69. The van der Waals surface area contributed by atoms with Gasteiger partial charge in [0, 0.05) is 37.8 Å². The van der Waals surface area contributed by atoms with E-state index >= 15 is 4.39 Å². The molecule has 2 atom stereocenters. The molecule has 31 heavy (non-hydrogen) atoms. The van der Waals surface area contributed by atoms with E-state index in [0.717, 1.165) is 41.8 Å². The highest BCUT2D eigenvalue weighted by atomic mass is 19.1. The van der Waals surface area contributed by atoms with E-state index in [1.54, 1.807) is 29.8 Å². The molecule has 1 saturated heterocycles. The lowest BCUT2D eigenvalue weighted by Crippen LogP contribution is -2.44. The first-order valence-corrected chi connectivity index (χ1v) is 10.7. The number of amides is 2. The van der Waals surface area contributed by atoms with Gasteiger partial charge in [-0.25, -0.2) is 4.39 Å². The molecule has 2 aliphatic heterocycles. The molecule has 1 unspecified atom stereocenters. The lowest BCUT2D eigenvalue weighted by molar-refractivity contribution is -0.130. The number of benzene rings is 1. The summed E-state index contributed by atoms with van der Waals surface area (Å²) in [5, 5.41) is 0. The van der Waals surface area contributed by atoms with Crippen molar-refractivity contribution >= 4 is 17.5 Å². The van der Waals surface area contributed by atoms with Crippen LogP contribution in [0.1, 0.15) is 55.0 Å². The van der Waals surface area contributed by atoms with Gasteiger partial charge in [-0.05, 0) is 68.5 Å². The molecule has 0 aliphatic carbocycles. The molecule has 4 rings (SSSR count). The van der Waals surface area contributed by atoms with E-state index in [2.05, 4.69) is 4.98 Å². The van der Waals surface area contributed by atoms with Gasteiger partial charge >= 0.3 is 0 Å². The number of nitrogens with zero attached hydrogens (tertiary/aromatic N) is 3. The number of rotatable bonds is 3. The Morgan fingerprint density at radius 2 is 2.10 bits per heavy atom. The number of carbonyl (C=O) groups is 2. The maximum Gasteiger partial charge on any atom is 0.268 e. The van der Waals surface area contributed by atoms with Crippen LogP contribution in [0, 0.1) is 19.7 Å². The number of piperidine rings is 1. The van der Waals surface area contributed by atoms with Crippen molar-refractivity contribution in [3.05, 3.63) is 52.6 Å². The lowest BCUT2D eigenvalue weighted by Gasteiger charge is -2.36. The van der Waals surface area contributed by atoms with Crippen LogP contribution in [-0.4, -0.2) is 40.9 Å². The summed E-state index contributed by atoms with van der Waals surface area (Å²) in [6, 6.07) is 5.26. The van der Waals surface area contributed by atoms with E-state index in [1.807, 2.05) is 26.0 Å². The molecular formula is C24H28FN3O3. The molecule has 2 amide bonds. The highest BCUT2D eigenvalue weighted by Gasteiger charge is 2.35. The fraction of sp³-hybridized carbons (Fsp3) is 0.458. The molecule has 2 aromatic rings. The Morgan fingerprint density at radius 3 is 2.81 bits per heavy atom. The zero-order valence-electron chi connectivity index (χ0n) is 18.4. The van der Waals surface area contributed by atoms with Crippen molar-refractivity contribution in [2.75, 3.05) is 18.0 Å². The number of anilines is 1. The van der Waals surface area contributed by atoms with E-state index in [4.69, 9.17) is 4.74 Å². The van der Waals surface area contributed by atoms with Gasteiger partial charge in [0.1, 0.15) is 0 Å². The lowest BCUT2D eigenvalue weighted by atomic mass is 9.89. The van der Waals surface area contributed by atoms with E-state index in [1.165, 1.54) is 6.07 Å². The second kappa shape index (κ2) is 8.29. The Labute approximate surface area is 182 Å². The minimum Gasteiger partial charge on any atom is -0.476 e. The Balaban J connectivity index is 1.74. The number of likely N-dealkylation sites (tertiary alicyclic amines) is 1. The van der Waals surface area contributed by atoms with Crippen molar-refractivity contribution < 1.29 is 18.7 Å². The number of pyridine rings is 1. The summed E-state index contributed by atoms with van der Waals surface area (Å²) in [7, 11) is 0. The first-order valence-electron chi connectivity index (χ1n) is 10.7. The molecule has 164 valence electrons. The predicted molar refractivity (Wildman–Crippen MR) is 116 cm³/mol. The normalized spacial score (nSPS) is 21.0. The summed E-state index contributed by atoms with van der Waals surface area (Å²) in [5.41, 5.74) is 4.05. The number of hydrogen-bond donors (Lipinski definition) is 0.